The van der Waals surface area contributed by atoms with Gasteiger partial charge in [-0.3, -0.25) is 4.98 Å². The summed E-state index contributed by atoms with van der Waals surface area (Å²) in [6.07, 6.45) is 2.63. The average molecular weight is 591 g/mol. The Morgan fingerprint density at radius 2 is 1.86 bits per heavy atom. The maximum atomic E-state index is 11.8. The molecule has 208 valence electrons. The van der Waals surface area contributed by atoms with Gasteiger partial charge in [-0.2, -0.15) is 0 Å². The molecule has 1 saturated heterocycles. The van der Waals surface area contributed by atoms with Crippen molar-refractivity contribution in [2.45, 2.75) is 12.8 Å². The maximum Gasteiger partial charge on any atom is 1.00 e. The van der Waals surface area contributed by atoms with Crippen LogP contribution in [0.3, 0.4) is 0 Å². The average Bonchev–Trinajstić information content (AvgIpc) is 3.68. The molecule has 11 nitrogen and oxygen atoms in total. The van der Waals surface area contributed by atoms with Gasteiger partial charge in [0.2, 0.25) is 0 Å². The van der Waals surface area contributed by atoms with Crippen LogP contribution >= 0.6 is 0 Å². The third-order valence-corrected chi connectivity index (χ3v) is 6.76. The molecule has 6 rings (SSSR count). The molecular formula is C30H27KN6O5. The van der Waals surface area contributed by atoms with E-state index in [0.717, 1.165) is 33.8 Å². The van der Waals surface area contributed by atoms with Gasteiger partial charge in [0.05, 0.1) is 43.9 Å². The van der Waals surface area contributed by atoms with E-state index in [1.165, 1.54) is 10.7 Å². The topological polar surface area (TPSA) is 126 Å². The second-order valence-electron chi connectivity index (χ2n) is 9.54. The first kappa shape index (κ1) is 30.1. The second-order valence-corrected chi connectivity index (χ2v) is 9.54. The largest absolute Gasteiger partial charge is 1.00 e. The van der Waals surface area contributed by atoms with Crippen LogP contribution in [0.4, 0.5) is 17.2 Å². The zero-order chi connectivity index (χ0) is 28.3. The molecule has 1 fully saturated rings. The molecule has 0 radical (unpaired) electrons. The van der Waals surface area contributed by atoms with E-state index in [9.17, 15) is 9.90 Å². The number of carboxylic acids is 1. The normalized spacial score (nSPS) is 13.1. The smallest absolute Gasteiger partial charge is 0.543 e. The molecule has 0 saturated carbocycles. The quantitative estimate of drug-likeness (QED) is 0.244. The van der Waals surface area contributed by atoms with Crippen molar-refractivity contribution in [2.75, 3.05) is 37.6 Å². The predicted octanol–water partition coefficient (Wildman–Crippen LogP) is 0.593. The second kappa shape index (κ2) is 13.3. The number of nitrogens with one attached hydrogen (secondary N) is 1. The number of imidazole rings is 1. The number of aromatic nitrogens is 4. The summed E-state index contributed by atoms with van der Waals surface area (Å²) in [5.74, 6) is -0.160. The first-order valence-electron chi connectivity index (χ1n) is 13.0. The molecule has 0 bridgehead atoms. The van der Waals surface area contributed by atoms with Gasteiger partial charge in [0.15, 0.2) is 17.8 Å². The zero-order valence-corrected chi connectivity index (χ0v) is 26.6. The molecule has 0 spiro atoms. The Labute approximate surface area is 284 Å². The van der Waals surface area contributed by atoms with E-state index in [-0.39, 0.29) is 63.4 Å². The number of anilines is 3. The van der Waals surface area contributed by atoms with Crippen LogP contribution in [0.2, 0.25) is 0 Å². The summed E-state index contributed by atoms with van der Waals surface area (Å²) < 4.78 is 17.6. The van der Waals surface area contributed by atoms with E-state index in [4.69, 9.17) is 14.2 Å². The van der Waals surface area contributed by atoms with Crippen molar-refractivity contribution in [3.63, 3.8) is 0 Å². The van der Waals surface area contributed by atoms with Gasteiger partial charge in [0.25, 0.3) is 0 Å². The number of carbonyl (C=O) groups is 1. The number of fused-ring (bicyclic) bond motifs is 1. The fourth-order valence-electron chi connectivity index (χ4n) is 4.69. The van der Waals surface area contributed by atoms with Crippen molar-refractivity contribution in [3.05, 3.63) is 95.9 Å². The van der Waals surface area contributed by atoms with Crippen LogP contribution in [0.25, 0.3) is 16.9 Å². The van der Waals surface area contributed by atoms with Crippen molar-refractivity contribution in [3.8, 4) is 17.0 Å². The van der Waals surface area contributed by atoms with Gasteiger partial charge in [-0.05, 0) is 35.9 Å². The van der Waals surface area contributed by atoms with Crippen LogP contribution in [0.15, 0.2) is 79.1 Å². The third kappa shape index (κ3) is 6.50. The Kier molecular flexibility index (Phi) is 9.53. The van der Waals surface area contributed by atoms with Crippen LogP contribution in [0.1, 0.15) is 27.9 Å². The van der Waals surface area contributed by atoms with E-state index in [0.29, 0.717) is 36.9 Å². The van der Waals surface area contributed by atoms with Gasteiger partial charge in [-0.1, -0.05) is 30.3 Å². The van der Waals surface area contributed by atoms with Gasteiger partial charge in [-0.15, -0.1) is 5.10 Å². The third-order valence-electron chi connectivity index (χ3n) is 6.76. The van der Waals surface area contributed by atoms with Crippen LogP contribution in [0, 0.1) is 0 Å². The summed E-state index contributed by atoms with van der Waals surface area (Å²) in [6.45, 7) is 1.69. The van der Waals surface area contributed by atoms with E-state index in [2.05, 4.69) is 20.4 Å². The molecule has 4 heterocycles. The van der Waals surface area contributed by atoms with Crippen molar-refractivity contribution in [1.29, 1.82) is 0 Å². The van der Waals surface area contributed by atoms with E-state index < -0.39 is 5.97 Å². The molecular weight excluding hydrogens is 563 g/mol. The molecule has 1 aliphatic rings. The number of hydrogen-bond acceptors (Lipinski definition) is 10. The standard InChI is InChI=1S/C30H28N6O5.K/c1-35(18-19-6-9-23(39-2)10-7-19)25-15-27(34-36-26(29(37)38)17-32-28(25)36)33-22-5-3-4-20(14-22)24-11-8-21(16-31-24)30-40-12-13-41-30;/h3-11,14-17,30H,12-13,18H2,1-2H3,(H,33,34)(H,37,38);/q;+1/p-1. The predicted molar refractivity (Wildman–Crippen MR) is 150 cm³/mol. The molecule has 12 heteroatoms. The van der Waals surface area contributed by atoms with Crippen molar-refractivity contribution >= 4 is 28.8 Å². The van der Waals surface area contributed by atoms with Crippen molar-refractivity contribution < 1.29 is 75.5 Å². The van der Waals surface area contributed by atoms with Gasteiger partial charge < -0.3 is 34.3 Å². The number of carbonyl (C=O) groups excluding carboxylic acids is 1. The number of methoxy groups -OCH3 is 1. The SMILES string of the molecule is COc1ccc(CN(C)c2cc(Nc3cccc(-c4ccc(C5OCCO5)cn4)c3)nn3c(C(=O)[O-])cnc23)cc1.[K+]. The fourth-order valence-corrected chi connectivity index (χ4v) is 4.69. The van der Waals surface area contributed by atoms with Gasteiger partial charge >= 0.3 is 51.4 Å². The van der Waals surface area contributed by atoms with Gasteiger partial charge in [0, 0.05) is 42.7 Å². The summed E-state index contributed by atoms with van der Waals surface area (Å²) in [5, 5.41) is 19.6. The number of carboxylic acid groups (broad SMARTS) is 1. The first-order chi connectivity index (χ1) is 20.0. The fraction of sp³-hybridized carbons (Fsp3) is 0.200. The summed E-state index contributed by atoms with van der Waals surface area (Å²) in [7, 11) is 3.54. The van der Waals surface area contributed by atoms with E-state index >= 15 is 0 Å². The molecule has 0 aliphatic carbocycles. The molecule has 0 atom stereocenters. The van der Waals surface area contributed by atoms with Crippen molar-refractivity contribution in [1.82, 2.24) is 19.6 Å². The molecule has 1 N–H and O–H groups in total. The Morgan fingerprint density at radius 1 is 1.07 bits per heavy atom. The van der Waals surface area contributed by atoms with E-state index in [1.807, 2.05) is 78.7 Å². The number of ether oxygens (including phenoxy) is 3. The Morgan fingerprint density at radius 3 is 2.55 bits per heavy atom. The number of aromatic carboxylic acids is 1. The van der Waals surface area contributed by atoms with Crippen LogP contribution in [-0.4, -0.2) is 52.9 Å². The summed E-state index contributed by atoms with van der Waals surface area (Å²) in [4.78, 5) is 22.7. The van der Waals surface area contributed by atoms with Crippen LogP contribution < -0.4 is 71.4 Å². The van der Waals surface area contributed by atoms with Crippen LogP contribution in [-0.2, 0) is 16.0 Å². The number of hydrogen-bond donors (Lipinski definition) is 1. The number of rotatable bonds is 9. The summed E-state index contributed by atoms with van der Waals surface area (Å²) >= 11 is 0. The molecule has 1 aliphatic heterocycles. The van der Waals surface area contributed by atoms with E-state index in [1.54, 1.807) is 13.3 Å². The minimum Gasteiger partial charge on any atom is -0.543 e. The Bertz CT molecular complexity index is 1690. The van der Waals surface area contributed by atoms with Gasteiger partial charge in [-0.25, -0.2) is 9.50 Å². The minimum absolute atomic E-state index is 0. The molecule has 0 unspecified atom stereocenters. The van der Waals surface area contributed by atoms with Crippen LogP contribution in [0.5, 0.6) is 5.75 Å². The number of pyridine rings is 1. The van der Waals surface area contributed by atoms with Gasteiger partial charge in [0.1, 0.15) is 11.4 Å². The monoisotopic (exact) mass is 590 g/mol. The number of benzene rings is 2. The maximum absolute atomic E-state index is 11.8. The summed E-state index contributed by atoms with van der Waals surface area (Å²) in [6, 6.07) is 21.2. The molecule has 5 aromatic rings. The molecule has 42 heavy (non-hydrogen) atoms. The molecule has 3 aromatic heterocycles. The minimum atomic E-state index is -1.36. The zero-order valence-electron chi connectivity index (χ0n) is 23.5. The molecule has 2 aromatic carbocycles. The first-order valence-corrected chi connectivity index (χ1v) is 13.0. The summed E-state index contributed by atoms with van der Waals surface area (Å²) in [5.41, 5.74) is 5.29. The van der Waals surface area contributed by atoms with Crippen molar-refractivity contribution in [2.24, 2.45) is 0 Å². The Hall–Kier alpha value is -3.36. The molecule has 0 amide bonds. The number of nitrogens with zero attached hydrogens (tertiary/aromatic N) is 5. The Balaban J connectivity index is 0.00000353.